The van der Waals surface area contributed by atoms with Crippen LogP contribution in [0.1, 0.15) is 57.7 Å². The van der Waals surface area contributed by atoms with Gasteiger partial charge < -0.3 is 9.67 Å². The topological polar surface area (TPSA) is 38.1 Å². The van der Waals surface area contributed by atoms with Crippen LogP contribution in [-0.2, 0) is 25.0 Å². The number of fused-ring (bicyclic) bond motifs is 1. The average Bonchev–Trinajstić information content (AvgIpc) is 2.56. The summed E-state index contributed by atoms with van der Waals surface area (Å²) < 4.78 is 2.34. The summed E-state index contributed by atoms with van der Waals surface area (Å²) in [6.07, 6.45) is 4.52. The fourth-order valence-electron chi connectivity index (χ4n) is 2.63. The molecule has 17 heavy (non-hydrogen) atoms. The third-order valence-electron chi connectivity index (χ3n) is 3.37. The molecule has 0 saturated heterocycles. The Hall–Kier alpha value is -0.830. The second-order valence-corrected chi connectivity index (χ2v) is 6.09. The lowest BCUT2D eigenvalue weighted by Crippen LogP contribution is -2.21. The van der Waals surface area contributed by atoms with E-state index in [0.29, 0.717) is 5.92 Å². The van der Waals surface area contributed by atoms with Crippen LogP contribution in [0.2, 0.25) is 0 Å². The molecule has 3 heteroatoms. The smallest absolute Gasteiger partial charge is 0.109 e. The van der Waals surface area contributed by atoms with Crippen molar-refractivity contribution in [2.45, 2.75) is 65.5 Å². The van der Waals surface area contributed by atoms with E-state index in [-0.39, 0.29) is 0 Å². The van der Waals surface area contributed by atoms with Gasteiger partial charge in [-0.1, -0.05) is 13.8 Å². The molecule has 0 atom stereocenters. The van der Waals surface area contributed by atoms with Gasteiger partial charge in [0.1, 0.15) is 11.4 Å². The van der Waals surface area contributed by atoms with Crippen molar-refractivity contribution in [3.8, 4) is 0 Å². The fourth-order valence-corrected chi connectivity index (χ4v) is 2.63. The van der Waals surface area contributed by atoms with Crippen molar-refractivity contribution in [3.05, 3.63) is 17.2 Å². The first-order chi connectivity index (χ1) is 7.89. The van der Waals surface area contributed by atoms with E-state index in [1.54, 1.807) is 0 Å². The van der Waals surface area contributed by atoms with Gasteiger partial charge in [0.25, 0.3) is 0 Å². The van der Waals surface area contributed by atoms with Crippen LogP contribution in [0.25, 0.3) is 0 Å². The molecule has 0 aliphatic carbocycles. The molecule has 0 radical (unpaired) electrons. The number of hydrogen-bond donors (Lipinski definition) is 1. The normalized spacial score (nSPS) is 16.4. The molecule has 0 aromatic carbocycles. The summed E-state index contributed by atoms with van der Waals surface area (Å²) in [5.41, 5.74) is 1.34. The van der Waals surface area contributed by atoms with Crippen molar-refractivity contribution in [3.63, 3.8) is 0 Å². The number of aromatic nitrogens is 2. The van der Waals surface area contributed by atoms with Gasteiger partial charge in [-0.15, -0.1) is 0 Å². The number of imidazole rings is 1. The lowest BCUT2D eigenvalue weighted by molar-refractivity contribution is 0.0727. The first-order valence-corrected chi connectivity index (χ1v) is 6.70. The Morgan fingerprint density at radius 3 is 2.65 bits per heavy atom. The SMILES string of the molecule is CC(C)Cc1nc(C(C)(C)O)c2n1CCCC2. The van der Waals surface area contributed by atoms with E-state index in [9.17, 15) is 5.11 Å². The molecule has 1 aromatic rings. The van der Waals surface area contributed by atoms with Crippen LogP contribution in [0.5, 0.6) is 0 Å². The molecule has 1 aliphatic rings. The van der Waals surface area contributed by atoms with Gasteiger partial charge in [0.05, 0.1) is 5.69 Å². The standard InChI is InChI=1S/C14H24N2O/c1-10(2)9-12-15-13(14(3,4)17)11-7-5-6-8-16(11)12/h10,17H,5-9H2,1-4H3. The highest BCUT2D eigenvalue weighted by Crippen LogP contribution is 2.29. The Morgan fingerprint density at radius 1 is 1.35 bits per heavy atom. The van der Waals surface area contributed by atoms with E-state index < -0.39 is 5.60 Å². The third kappa shape index (κ3) is 2.54. The van der Waals surface area contributed by atoms with Crippen molar-refractivity contribution < 1.29 is 5.11 Å². The van der Waals surface area contributed by atoms with Gasteiger partial charge >= 0.3 is 0 Å². The van der Waals surface area contributed by atoms with Crippen molar-refractivity contribution >= 4 is 0 Å². The zero-order chi connectivity index (χ0) is 12.6. The molecule has 3 nitrogen and oxygen atoms in total. The highest BCUT2D eigenvalue weighted by Gasteiger charge is 2.28. The minimum absolute atomic E-state index is 0.609. The molecule has 1 N–H and O–H groups in total. The molecule has 2 rings (SSSR count). The molecule has 0 spiro atoms. The molecular weight excluding hydrogens is 212 g/mol. The lowest BCUT2D eigenvalue weighted by atomic mass is 9.99. The van der Waals surface area contributed by atoms with Crippen LogP contribution in [-0.4, -0.2) is 14.7 Å². The largest absolute Gasteiger partial charge is 0.384 e. The molecular formula is C14H24N2O. The van der Waals surface area contributed by atoms with Gasteiger partial charge in [0, 0.05) is 18.7 Å². The predicted octanol–water partition coefficient (Wildman–Crippen LogP) is 2.65. The van der Waals surface area contributed by atoms with E-state index in [1.165, 1.54) is 18.5 Å². The minimum Gasteiger partial charge on any atom is -0.384 e. The Kier molecular flexibility index (Phi) is 3.30. The number of rotatable bonds is 3. The van der Waals surface area contributed by atoms with Crippen LogP contribution in [0.4, 0.5) is 0 Å². The zero-order valence-electron chi connectivity index (χ0n) is 11.5. The Bertz CT molecular complexity index is 399. The molecule has 0 fully saturated rings. The van der Waals surface area contributed by atoms with E-state index in [4.69, 9.17) is 4.98 Å². The van der Waals surface area contributed by atoms with E-state index in [2.05, 4.69) is 18.4 Å². The van der Waals surface area contributed by atoms with Gasteiger partial charge in [-0.25, -0.2) is 4.98 Å². The molecule has 1 aliphatic heterocycles. The second kappa shape index (κ2) is 4.45. The monoisotopic (exact) mass is 236 g/mol. The van der Waals surface area contributed by atoms with Crippen LogP contribution >= 0.6 is 0 Å². The molecule has 0 saturated carbocycles. The summed E-state index contributed by atoms with van der Waals surface area (Å²) in [6, 6.07) is 0. The summed E-state index contributed by atoms with van der Waals surface area (Å²) in [6.45, 7) is 9.18. The van der Waals surface area contributed by atoms with E-state index in [0.717, 1.165) is 30.9 Å². The minimum atomic E-state index is -0.816. The first-order valence-electron chi connectivity index (χ1n) is 6.70. The molecule has 0 bridgehead atoms. The maximum absolute atomic E-state index is 10.2. The third-order valence-corrected chi connectivity index (χ3v) is 3.37. The van der Waals surface area contributed by atoms with E-state index in [1.807, 2.05) is 13.8 Å². The lowest BCUT2D eigenvalue weighted by Gasteiger charge is -2.21. The summed E-state index contributed by atoms with van der Waals surface area (Å²) in [5, 5.41) is 10.2. The summed E-state index contributed by atoms with van der Waals surface area (Å²) in [7, 11) is 0. The Labute approximate surface area is 104 Å². The molecule has 0 unspecified atom stereocenters. The Balaban J connectivity index is 2.44. The van der Waals surface area contributed by atoms with Gasteiger partial charge in [-0.3, -0.25) is 0 Å². The van der Waals surface area contributed by atoms with Crippen molar-refractivity contribution in [1.82, 2.24) is 9.55 Å². The van der Waals surface area contributed by atoms with Crippen LogP contribution in [0.15, 0.2) is 0 Å². The van der Waals surface area contributed by atoms with Crippen LogP contribution in [0, 0.1) is 5.92 Å². The van der Waals surface area contributed by atoms with Gasteiger partial charge in [-0.05, 0) is 39.0 Å². The quantitative estimate of drug-likeness (QED) is 0.876. The maximum atomic E-state index is 10.2. The Morgan fingerprint density at radius 2 is 2.06 bits per heavy atom. The molecule has 96 valence electrons. The zero-order valence-corrected chi connectivity index (χ0v) is 11.5. The van der Waals surface area contributed by atoms with Crippen molar-refractivity contribution in [2.75, 3.05) is 0 Å². The highest BCUT2D eigenvalue weighted by molar-refractivity contribution is 5.24. The fraction of sp³-hybridized carbons (Fsp3) is 0.786. The predicted molar refractivity (Wildman–Crippen MR) is 69.0 cm³/mol. The molecule has 0 amide bonds. The average molecular weight is 236 g/mol. The maximum Gasteiger partial charge on any atom is 0.109 e. The van der Waals surface area contributed by atoms with Crippen LogP contribution in [0.3, 0.4) is 0 Å². The van der Waals surface area contributed by atoms with Crippen molar-refractivity contribution in [1.29, 1.82) is 0 Å². The van der Waals surface area contributed by atoms with Crippen molar-refractivity contribution in [2.24, 2.45) is 5.92 Å². The second-order valence-electron chi connectivity index (χ2n) is 6.09. The summed E-state index contributed by atoms with van der Waals surface area (Å²) >= 11 is 0. The molecule has 1 aromatic heterocycles. The highest BCUT2D eigenvalue weighted by atomic mass is 16.3. The number of hydrogen-bond acceptors (Lipinski definition) is 2. The number of aliphatic hydroxyl groups is 1. The first kappa shape index (κ1) is 12.6. The summed E-state index contributed by atoms with van der Waals surface area (Å²) in [5.74, 6) is 1.77. The van der Waals surface area contributed by atoms with Gasteiger partial charge in [0.2, 0.25) is 0 Å². The van der Waals surface area contributed by atoms with Gasteiger partial charge in [-0.2, -0.15) is 0 Å². The molecule has 2 heterocycles. The summed E-state index contributed by atoms with van der Waals surface area (Å²) in [4.78, 5) is 4.72. The van der Waals surface area contributed by atoms with Crippen LogP contribution < -0.4 is 0 Å². The van der Waals surface area contributed by atoms with E-state index >= 15 is 0 Å². The van der Waals surface area contributed by atoms with Gasteiger partial charge in [0.15, 0.2) is 0 Å². The number of nitrogens with zero attached hydrogens (tertiary/aromatic N) is 2.